The molecule has 2 heterocycles. The summed E-state index contributed by atoms with van der Waals surface area (Å²) in [5.74, 6) is -1.04. The third-order valence-electron chi connectivity index (χ3n) is 4.72. The SMILES string of the molecule is C[C@](F)(C1CCN(C(=O)Nc2ccnnc2)CC1)[S+]([O-])c1cccc(F)c1. The minimum absolute atomic E-state index is 0.130. The molecular weight excluding hydrogens is 374 g/mol. The number of hydrogen-bond donors (Lipinski definition) is 1. The Balaban J connectivity index is 1.59. The van der Waals surface area contributed by atoms with E-state index in [-0.39, 0.29) is 10.9 Å². The van der Waals surface area contributed by atoms with Crippen molar-refractivity contribution in [2.45, 2.75) is 29.7 Å². The lowest BCUT2D eigenvalue weighted by atomic mass is 9.92. The van der Waals surface area contributed by atoms with Gasteiger partial charge in [0.25, 0.3) is 5.00 Å². The number of aromatic nitrogens is 2. The highest BCUT2D eigenvalue weighted by Crippen LogP contribution is 2.39. The number of nitrogens with one attached hydrogen (secondary N) is 1. The van der Waals surface area contributed by atoms with Crippen LogP contribution in [0.3, 0.4) is 0 Å². The number of hydrogen-bond acceptors (Lipinski definition) is 4. The fourth-order valence-corrected chi connectivity index (χ4v) is 4.55. The van der Waals surface area contributed by atoms with Crippen LogP contribution in [-0.4, -0.2) is 43.8 Å². The van der Waals surface area contributed by atoms with E-state index in [1.54, 1.807) is 11.0 Å². The number of urea groups is 1. The summed E-state index contributed by atoms with van der Waals surface area (Å²) in [6.07, 6.45) is 3.65. The first-order valence-electron chi connectivity index (χ1n) is 8.57. The summed E-state index contributed by atoms with van der Waals surface area (Å²) in [6.45, 7) is 1.97. The Morgan fingerprint density at radius 1 is 1.33 bits per heavy atom. The van der Waals surface area contributed by atoms with Gasteiger partial charge < -0.3 is 14.8 Å². The van der Waals surface area contributed by atoms with Gasteiger partial charge in [0, 0.05) is 43.2 Å². The average molecular weight is 394 g/mol. The monoisotopic (exact) mass is 394 g/mol. The summed E-state index contributed by atoms with van der Waals surface area (Å²) in [7, 11) is 0. The number of likely N-dealkylation sites (tertiary alicyclic amines) is 1. The van der Waals surface area contributed by atoms with Crippen molar-refractivity contribution in [2.24, 2.45) is 5.92 Å². The summed E-state index contributed by atoms with van der Waals surface area (Å²) >= 11 is -2.00. The van der Waals surface area contributed by atoms with Crippen LogP contribution in [0.2, 0.25) is 0 Å². The van der Waals surface area contributed by atoms with Crippen molar-refractivity contribution in [1.82, 2.24) is 15.1 Å². The summed E-state index contributed by atoms with van der Waals surface area (Å²) in [5, 5.41) is 8.03. The molecule has 9 heteroatoms. The van der Waals surface area contributed by atoms with Gasteiger partial charge in [-0.05, 0) is 31.0 Å². The Labute approximate surface area is 159 Å². The second-order valence-corrected chi connectivity index (χ2v) is 8.34. The second-order valence-electron chi connectivity index (χ2n) is 6.53. The Morgan fingerprint density at radius 2 is 2.07 bits per heavy atom. The van der Waals surface area contributed by atoms with Crippen LogP contribution in [-0.2, 0) is 11.2 Å². The van der Waals surface area contributed by atoms with Crippen molar-refractivity contribution in [1.29, 1.82) is 0 Å². The van der Waals surface area contributed by atoms with E-state index in [0.717, 1.165) is 6.07 Å². The number of halogens is 2. The molecule has 2 amide bonds. The second kappa shape index (κ2) is 8.18. The zero-order chi connectivity index (χ0) is 19.4. The van der Waals surface area contributed by atoms with Crippen molar-refractivity contribution >= 4 is 22.9 Å². The van der Waals surface area contributed by atoms with Crippen LogP contribution in [0.5, 0.6) is 0 Å². The highest BCUT2D eigenvalue weighted by Gasteiger charge is 2.48. The molecule has 1 aliphatic heterocycles. The molecular formula is C18H20F2N4O2S. The van der Waals surface area contributed by atoms with Gasteiger partial charge in [-0.15, -0.1) is 0 Å². The lowest BCUT2D eigenvalue weighted by Gasteiger charge is -2.37. The standard InChI is InChI=1S/C18H20F2N4O2S/c1-18(20,27(26)16-4-2-3-14(19)11-16)13-6-9-24(10-7-13)17(25)23-15-5-8-21-22-12-15/h2-5,8,11-13H,6-7,9-10H2,1H3,(H,21,23,25)/t18-,27?/m1/s1. The van der Waals surface area contributed by atoms with Crippen LogP contribution in [0.1, 0.15) is 19.8 Å². The lowest BCUT2D eigenvalue weighted by molar-refractivity contribution is 0.117. The normalized spacial score (nSPS) is 18.6. The quantitative estimate of drug-likeness (QED) is 0.807. The molecule has 0 spiro atoms. The van der Waals surface area contributed by atoms with Gasteiger partial charge in [0.1, 0.15) is 5.82 Å². The van der Waals surface area contributed by atoms with Crippen LogP contribution >= 0.6 is 0 Å². The Hall–Kier alpha value is -2.26. The van der Waals surface area contributed by atoms with E-state index in [1.807, 2.05) is 0 Å². The van der Waals surface area contributed by atoms with Gasteiger partial charge in [-0.1, -0.05) is 6.07 Å². The van der Waals surface area contributed by atoms with Gasteiger partial charge in [0.15, 0.2) is 4.90 Å². The molecule has 0 saturated carbocycles. The molecule has 1 N–H and O–H groups in total. The molecule has 0 bridgehead atoms. The maximum absolute atomic E-state index is 15.3. The average Bonchev–Trinajstić information content (AvgIpc) is 2.68. The molecule has 2 atom stereocenters. The Bertz CT molecular complexity index is 786. The van der Waals surface area contributed by atoms with E-state index < -0.39 is 27.9 Å². The third kappa shape index (κ3) is 4.54. The first kappa shape index (κ1) is 19.5. The first-order valence-corrected chi connectivity index (χ1v) is 9.72. The Kier molecular flexibility index (Phi) is 5.91. The highest BCUT2D eigenvalue weighted by molar-refractivity contribution is 7.92. The van der Waals surface area contributed by atoms with E-state index >= 15 is 4.39 Å². The molecule has 1 aliphatic rings. The van der Waals surface area contributed by atoms with Gasteiger partial charge in [0.05, 0.1) is 18.1 Å². The molecule has 1 fully saturated rings. The van der Waals surface area contributed by atoms with E-state index in [1.165, 1.54) is 37.5 Å². The number of anilines is 1. The van der Waals surface area contributed by atoms with Crippen molar-refractivity contribution in [2.75, 3.05) is 18.4 Å². The molecule has 27 heavy (non-hydrogen) atoms. The third-order valence-corrected chi connectivity index (χ3v) is 6.46. The summed E-state index contributed by atoms with van der Waals surface area (Å²) in [5.41, 5.74) is 0.527. The summed E-state index contributed by atoms with van der Waals surface area (Å²) < 4.78 is 41.3. The minimum atomic E-state index is -2.01. The number of piperidine rings is 1. The fourth-order valence-electron chi connectivity index (χ4n) is 3.13. The van der Waals surface area contributed by atoms with Crippen molar-refractivity contribution < 1.29 is 18.1 Å². The topological polar surface area (TPSA) is 81.2 Å². The van der Waals surface area contributed by atoms with E-state index in [4.69, 9.17) is 0 Å². The van der Waals surface area contributed by atoms with Crippen molar-refractivity contribution in [3.8, 4) is 0 Å². The highest BCUT2D eigenvalue weighted by atomic mass is 32.2. The molecule has 1 aromatic heterocycles. The maximum atomic E-state index is 15.3. The molecule has 0 radical (unpaired) electrons. The largest absolute Gasteiger partial charge is 0.609 e. The van der Waals surface area contributed by atoms with Crippen LogP contribution in [0, 0.1) is 11.7 Å². The maximum Gasteiger partial charge on any atom is 0.321 e. The predicted octanol–water partition coefficient (Wildman–Crippen LogP) is 3.35. The number of nitrogens with zero attached hydrogens (tertiary/aromatic N) is 3. The van der Waals surface area contributed by atoms with E-state index in [2.05, 4.69) is 15.5 Å². The molecule has 6 nitrogen and oxygen atoms in total. The number of carbonyl (C=O) groups is 1. The number of alkyl halides is 1. The molecule has 1 saturated heterocycles. The fraction of sp³-hybridized carbons (Fsp3) is 0.389. The molecule has 2 aromatic rings. The van der Waals surface area contributed by atoms with Gasteiger partial charge in [0.2, 0.25) is 0 Å². The number of rotatable bonds is 4. The first-order chi connectivity index (χ1) is 12.9. The summed E-state index contributed by atoms with van der Waals surface area (Å²) in [6, 6.07) is 6.53. The van der Waals surface area contributed by atoms with E-state index in [0.29, 0.717) is 31.6 Å². The number of carbonyl (C=O) groups excluding carboxylic acids is 1. The van der Waals surface area contributed by atoms with Gasteiger partial charge in [-0.3, -0.25) is 0 Å². The minimum Gasteiger partial charge on any atom is -0.609 e. The van der Waals surface area contributed by atoms with Gasteiger partial charge in [-0.2, -0.15) is 14.6 Å². The van der Waals surface area contributed by atoms with Crippen LogP contribution in [0.15, 0.2) is 47.6 Å². The molecule has 1 aromatic carbocycles. The zero-order valence-electron chi connectivity index (χ0n) is 14.8. The van der Waals surface area contributed by atoms with Crippen LogP contribution < -0.4 is 5.32 Å². The lowest BCUT2D eigenvalue weighted by Crippen LogP contribution is -2.48. The Morgan fingerprint density at radius 3 is 2.70 bits per heavy atom. The zero-order valence-corrected chi connectivity index (χ0v) is 15.6. The van der Waals surface area contributed by atoms with Gasteiger partial charge in [-0.25, -0.2) is 9.18 Å². The number of amides is 2. The molecule has 3 rings (SSSR count). The van der Waals surface area contributed by atoms with Crippen LogP contribution in [0.4, 0.5) is 19.3 Å². The van der Waals surface area contributed by atoms with Gasteiger partial charge >= 0.3 is 6.03 Å². The van der Waals surface area contributed by atoms with Crippen molar-refractivity contribution in [3.05, 3.63) is 48.5 Å². The van der Waals surface area contributed by atoms with Crippen LogP contribution in [0.25, 0.3) is 0 Å². The smallest absolute Gasteiger partial charge is 0.321 e. The van der Waals surface area contributed by atoms with Crippen molar-refractivity contribution in [3.63, 3.8) is 0 Å². The van der Waals surface area contributed by atoms with E-state index in [9.17, 15) is 13.7 Å². The molecule has 1 unspecified atom stereocenters. The number of benzene rings is 1. The molecule has 144 valence electrons. The summed E-state index contributed by atoms with van der Waals surface area (Å²) in [4.78, 5) is 14.0. The predicted molar refractivity (Wildman–Crippen MR) is 97.7 cm³/mol. The molecule has 0 aliphatic carbocycles.